The molecule has 1 aliphatic heterocycles. The second-order valence-electron chi connectivity index (χ2n) is 10.1. The number of aromatic nitrogens is 3. The molecule has 1 aromatic carbocycles. The van der Waals surface area contributed by atoms with Crippen LogP contribution in [-0.2, 0) is 23.3 Å². The summed E-state index contributed by atoms with van der Waals surface area (Å²) in [5.41, 5.74) is 10.8. The highest BCUT2D eigenvalue weighted by Gasteiger charge is 2.31. The summed E-state index contributed by atoms with van der Waals surface area (Å²) < 4.78 is 1.68. The van der Waals surface area contributed by atoms with Crippen molar-refractivity contribution in [3.05, 3.63) is 58.7 Å². The van der Waals surface area contributed by atoms with Crippen LogP contribution >= 0.6 is 0 Å². The number of hydrogen-bond acceptors (Lipinski definition) is 5. The predicted octanol–water partition coefficient (Wildman–Crippen LogP) is 3.12. The zero-order valence-electron chi connectivity index (χ0n) is 19.2. The molecule has 2 aromatic heterocycles. The number of carbonyl (C=O) groups is 2. The van der Waals surface area contributed by atoms with E-state index in [1.807, 2.05) is 12.1 Å². The fraction of sp³-hybridized carbons (Fsp3) is 0.400. The van der Waals surface area contributed by atoms with E-state index in [1.54, 1.807) is 21.9 Å². The summed E-state index contributed by atoms with van der Waals surface area (Å²) in [5.74, 6) is 0.266. The zero-order chi connectivity index (χ0) is 23.5. The largest absolute Gasteiger partial charge is 0.368 e. The van der Waals surface area contributed by atoms with Gasteiger partial charge in [-0.05, 0) is 42.0 Å². The fourth-order valence-corrected chi connectivity index (χ4v) is 4.47. The van der Waals surface area contributed by atoms with Gasteiger partial charge in [0.05, 0.1) is 23.9 Å². The van der Waals surface area contributed by atoms with E-state index in [0.717, 1.165) is 35.2 Å². The van der Waals surface area contributed by atoms with Crippen LogP contribution in [0.5, 0.6) is 0 Å². The zero-order valence-corrected chi connectivity index (χ0v) is 19.2. The van der Waals surface area contributed by atoms with Crippen LogP contribution < -0.4 is 5.73 Å². The molecule has 3 heterocycles. The van der Waals surface area contributed by atoms with Gasteiger partial charge >= 0.3 is 0 Å². The van der Waals surface area contributed by atoms with Crippen molar-refractivity contribution in [2.24, 2.45) is 5.73 Å². The summed E-state index contributed by atoms with van der Waals surface area (Å²) in [7, 11) is 0. The van der Waals surface area contributed by atoms with Gasteiger partial charge in [-0.2, -0.15) is 0 Å². The van der Waals surface area contributed by atoms with Crippen molar-refractivity contribution in [1.29, 1.82) is 5.41 Å². The number of amidine groups is 1. The van der Waals surface area contributed by atoms with E-state index in [4.69, 9.17) is 16.1 Å². The molecular formula is C25H28N6O2. The van der Waals surface area contributed by atoms with Crippen molar-refractivity contribution in [1.82, 2.24) is 19.4 Å². The fourth-order valence-electron chi connectivity index (χ4n) is 4.47. The Hall–Kier alpha value is -3.55. The van der Waals surface area contributed by atoms with Gasteiger partial charge in [0.15, 0.2) is 5.78 Å². The standard InChI is InChI=1S/C25H28N6O2/c1-25(2,3)17-8-16(9-19-23(17)28-13-31(19)12-21(26)33)20(32)11-30-10-15-6-7-18(14-4-5-14)29-22(15)24(30)27/h6-9,13-14,27H,4-5,10-12H2,1-3H3,(H2,26,33). The normalized spacial score (nSPS) is 15.8. The summed E-state index contributed by atoms with van der Waals surface area (Å²) >= 11 is 0. The van der Waals surface area contributed by atoms with Crippen molar-refractivity contribution in [3.63, 3.8) is 0 Å². The molecule has 33 heavy (non-hydrogen) atoms. The number of fused-ring (bicyclic) bond motifs is 2. The molecule has 0 spiro atoms. The number of pyridine rings is 1. The molecule has 1 amide bonds. The third-order valence-electron chi connectivity index (χ3n) is 6.41. The van der Waals surface area contributed by atoms with E-state index < -0.39 is 5.91 Å². The number of ketones is 1. The molecular weight excluding hydrogens is 416 g/mol. The van der Waals surface area contributed by atoms with E-state index in [1.165, 1.54) is 0 Å². The van der Waals surface area contributed by atoms with E-state index in [9.17, 15) is 9.59 Å². The van der Waals surface area contributed by atoms with Gasteiger partial charge in [0.1, 0.15) is 18.1 Å². The van der Waals surface area contributed by atoms with E-state index in [-0.39, 0.29) is 24.3 Å². The van der Waals surface area contributed by atoms with Crippen LogP contribution in [0.1, 0.15) is 72.4 Å². The smallest absolute Gasteiger partial charge is 0.237 e. The first-order chi connectivity index (χ1) is 15.6. The van der Waals surface area contributed by atoms with Gasteiger partial charge in [0, 0.05) is 29.3 Å². The molecule has 170 valence electrons. The molecule has 0 saturated heterocycles. The molecule has 0 atom stereocenters. The summed E-state index contributed by atoms with van der Waals surface area (Å²) in [6.45, 7) is 6.80. The third kappa shape index (κ3) is 3.90. The Kier molecular flexibility index (Phi) is 4.84. The number of amides is 1. The van der Waals surface area contributed by atoms with Crippen LogP contribution in [0.25, 0.3) is 11.0 Å². The average molecular weight is 445 g/mol. The van der Waals surface area contributed by atoms with Gasteiger partial charge in [-0.25, -0.2) is 9.97 Å². The number of Topliss-reactive ketones (excluding diaryl/α,β-unsaturated/α-hetero) is 1. The maximum Gasteiger partial charge on any atom is 0.237 e. The summed E-state index contributed by atoms with van der Waals surface area (Å²) in [4.78, 5) is 35.9. The first-order valence-corrected chi connectivity index (χ1v) is 11.3. The number of carbonyl (C=O) groups excluding carboxylic acids is 2. The minimum absolute atomic E-state index is 0.00119. The minimum atomic E-state index is -0.468. The molecule has 2 aliphatic rings. The lowest BCUT2D eigenvalue weighted by Gasteiger charge is -2.22. The van der Waals surface area contributed by atoms with Crippen molar-refractivity contribution in [2.45, 2.75) is 58.0 Å². The molecule has 1 fully saturated rings. The lowest BCUT2D eigenvalue weighted by molar-refractivity contribution is -0.118. The SMILES string of the molecule is CC(C)(C)c1cc(C(=O)CN2Cc3ccc(C4CC4)nc3C2=N)cc2c1ncn2CC(N)=O. The third-order valence-corrected chi connectivity index (χ3v) is 6.41. The molecule has 8 heteroatoms. The molecule has 3 N–H and O–H groups in total. The number of nitrogens with zero attached hydrogens (tertiary/aromatic N) is 4. The lowest BCUT2D eigenvalue weighted by Crippen LogP contribution is -2.30. The highest BCUT2D eigenvalue weighted by Crippen LogP contribution is 2.40. The van der Waals surface area contributed by atoms with E-state index in [0.29, 0.717) is 35.1 Å². The number of nitrogens with two attached hydrogens (primary N) is 1. The van der Waals surface area contributed by atoms with Crippen LogP contribution in [-0.4, -0.2) is 43.5 Å². The summed E-state index contributed by atoms with van der Waals surface area (Å²) in [5, 5.41) is 8.61. The number of nitrogens with one attached hydrogen (secondary N) is 1. The average Bonchev–Trinajstić information content (AvgIpc) is 3.46. The van der Waals surface area contributed by atoms with Crippen LogP contribution in [0.4, 0.5) is 0 Å². The highest BCUT2D eigenvalue weighted by molar-refractivity contribution is 6.05. The maximum absolute atomic E-state index is 13.4. The highest BCUT2D eigenvalue weighted by atomic mass is 16.1. The van der Waals surface area contributed by atoms with Gasteiger partial charge in [0.2, 0.25) is 5.91 Å². The molecule has 0 unspecified atom stereocenters. The van der Waals surface area contributed by atoms with Crippen molar-refractivity contribution < 1.29 is 9.59 Å². The van der Waals surface area contributed by atoms with Crippen molar-refractivity contribution in [3.8, 4) is 0 Å². The summed E-state index contributed by atoms with van der Waals surface area (Å²) in [6.07, 6.45) is 3.91. The first-order valence-electron chi connectivity index (χ1n) is 11.3. The lowest BCUT2D eigenvalue weighted by atomic mass is 9.84. The monoisotopic (exact) mass is 444 g/mol. The molecule has 0 bridgehead atoms. The van der Waals surface area contributed by atoms with Gasteiger partial charge < -0.3 is 15.2 Å². The number of primary amides is 1. The molecule has 0 radical (unpaired) electrons. The minimum Gasteiger partial charge on any atom is -0.368 e. The van der Waals surface area contributed by atoms with E-state index in [2.05, 4.69) is 31.8 Å². The van der Waals surface area contributed by atoms with Gasteiger partial charge in [0.25, 0.3) is 0 Å². The Bertz CT molecular complexity index is 1310. The molecule has 8 nitrogen and oxygen atoms in total. The predicted molar refractivity (Wildman–Crippen MR) is 125 cm³/mol. The van der Waals surface area contributed by atoms with Crippen LogP contribution in [0, 0.1) is 5.41 Å². The Morgan fingerprint density at radius 1 is 1.18 bits per heavy atom. The van der Waals surface area contributed by atoms with Crippen molar-refractivity contribution in [2.75, 3.05) is 6.54 Å². The number of hydrogen-bond donors (Lipinski definition) is 2. The number of benzene rings is 1. The Labute approximate surface area is 192 Å². The van der Waals surface area contributed by atoms with Crippen LogP contribution in [0.2, 0.25) is 0 Å². The first kappa shape index (κ1) is 21.3. The molecule has 1 aliphatic carbocycles. The molecule has 5 rings (SSSR count). The van der Waals surface area contributed by atoms with Gasteiger partial charge in [-0.3, -0.25) is 15.0 Å². The second kappa shape index (κ2) is 7.50. The Morgan fingerprint density at radius 3 is 2.61 bits per heavy atom. The quantitative estimate of drug-likeness (QED) is 0.567. The molecule has 1 saturated carbocycles. The molecule has 3 aromatic rings. The van der Waals surface area contributed by atoms with Crippen LogP contribution in [0.3, 0.4) is 0 Å². The van der Waals surface area contributed by atoms with E-state index >= 15 is 0 Å². The topological polar surface area (TPSA) is 118 Å². The van der Waals surface area contributed by atoms with Gasteiger partial charge in [-0.15, -0.1) is 0 Å². The number of rotatable bonds is 6. The number of imidazole rings is 1. The van der Waals surface area contributed by atoms with Crippen LogP contribution in [0.15, 0.2) is 30.6 Å². The maximum atomic E-state index is 13.4. The Balaban J connectivity index is 1.45. The van der Waals surface area contributed by atoms with Crippen molar-refractivity contribution >= 4 is 28.6 Å². The Morgan fingerprint density at radius 2 is 1.94 bits per heavy atom. The van der Waals surface area contributed by atoms with Gasteiger partial charge in [-0.1, -0.05) is 26.8 Å². The summed E-state index contributed by atoms with van der Waals surface area (Å²) in [6, 6.07) is 7.77. The second-order valence-corrected chi connectivity index (χ2v) is 10.1.